The second-order valence-corrected chi connectivity index (χ2v) is 3.94. The average Bonchev–Trinajstić information content (AvgIpc) is 2.71. The predicted octanol–water partition coefficient (Wildman–Crippen LogP) is 1.17. The summed E-state index contributed by atoms with van der Waals surface area (Å²) in [6.07, 6.45) is 4.43. The van der Waals surface area contributed by atoms with Gasteiger partial charge < -0.3 is 16.0 Å². The van der Waals surface area contributed by atoms with Crippen molar-refractivity contribution in [3.63, 3.8) is 0 Å². The van der Waals surface area contributed by atoms with Crippen LogP contribution in [0.2, 0.25) is 0 Å². The maximum atomic E-state index is 5.59. The third-order valence-corrected chi connectivity index (χ3v) is 2.74. The smallest absolute Gasteiger partial charge is 0.125 e. The number of nitrogens with zero attached hydrogens (tertiary/aromatic N) is 2. The van der Waals surface area contributed by atoms with Crippen LogP contribution in [-0.2, 0) is 0 Å². The molecule has 0 saturated carbocycles. The molecule has 15 heavy (non-hydrogen) atoms. The monoisotopic (exact) mass is 206 g/mol. The lowest BCUT2D eigenvalue weighted by molar-refractivity contribution is 0.352. The van der Waals surface area contributed by atoms with Crippen LogP contribution in [0.25, 0.3) is 0 Å². The standard InChI is InChI=1S/C11H18N4/c12-11-9-10(3-4-14-11)13-5-8-15-6-1-2-7-15/h3-4,9H,1-2,5-8H2,(H3,12,13,14). The zero-order valence-corrected chi connectivity index (χ0v) is 8.95. The average molecular weight is 206 g/mol. The van der Waals surface area contributed by atoms with Gasteiger partial charge in [0.25, 0.3) is 0 Å². The number of nitrogen functional groups attached to an aromatic ring is 1. The van der Waals surface area contributed by atoms with Crippen LogP contribution >= 0.6 is 0 Å². The van der Waals surface area contributed by atoms with E-state index in [1.165, 1.54) is 25.9 Å². The second-order valence-electron chi connectivity index (χ2n) is 3.94. The maximum Gasteiger partial charge on any atom is 0.125 e. The molecule has 2 rings (SSSR count). The van der Waals surface area contributed by atoms with Crippen LogP contribution in [0.15, 0.2) is 18.3 Å². The Kier molecular flexibility index (Phi) is 3.40. The second kappa shape index (κ2) is 4.98. The molecule has 2 heterocycles. The Hall–Kier alpha value is -1.29. The van der Waals surface area contributed by atoms with E-state index >= 15 is 0 Å². The van der Waals surface area contributed by atoms with Crippen molar-refractivity contribution < 1.29 is 0 Å². The van der Waals surface area contributed by atoms with Crippen molar-refractivity contribution in [1.82, 2.24) is 9.88 Å². The molecule has 0 radical (unpaired) electrons. The molecule has 3 N–H and O–H groups in total. The highest BCUT2D eigenvalue weighted by atomic mass is 15.1. The molecule has 1 fully saturated rings. The molecule has 0 bridgehead atoms. The molecule has 0 spiro atoms. The molecule has 1 aliphatic heterocycles. The van der Waals surface area contributed by atoms with E-state index in [0.717, 1.165) is 18.8 Å². The molecule has 4 nitrogen and oxygen atoms in total. The van der Waals surface area contributed by atoms with Gasteiger partial charge in [0, 0.05) is 31.0 Å². The third kappa shape index (κ3) is 3.09. The Morgan fingerprint density at radius 3 is 2.93 bits per heavy atom. The SMILES string of the molecule is Nc1cc(NCCN2CCCC2)ccn1. The molecule has 0 unspecified atom stereocenters. The first kappa shape index (κ1) is 10.2. The summed E-state index contributed by atoms with van der Waals surface area (Å²) in [5.74, 6) is 0.571. The minimum Gasteiger partial charge on any atom is -0.384 e. The van der Waals surface area contributed by atoms with E-state index in [-0.39, 0.29) is 0 Å². The van der Waals surface area contributed by atoms with E-state index in [4.69, 9.17) is 5.73 Å². The topological polar surface area (TPSA) is 54.2 Å². The summed E-state index contributed by atoms with van der Waals surface area (Å²) in [7, 11) is 0. The van der Waals surface area contributed by atoms with Crippen LogP contribution < -0.4 is 11.1 Å². The fraction of sp³-hybridized carbons (Fsp3) is 0.545. The van der Waals surface area contributed by atoms with Gasteiger partial charge in [-0.25, -0.2) is 4.98 Å². The predicted molar refractivity (Wildman–Crippen MR) is 62.8 cm³/mol. The first-order valence-electron chi connectivity index (χ1n) is 5.52. The zero-order chi connectivity index (χ0) is 10.5. The molecular formula is C11H18N4. The quantitative estimate of drug-likeness (QED) is 0.776. The molecule has 1 saturated heterocycles. The van der Waals surface area contributed by atoms with E-state index in [9.17, 15) is 0 Å². The van der Waals surface area contributed by atoms with Gasteiger partial charge in [-0.3, -0.25) is 0 Å². The van der Waals surface area contributed by atoms with E-state index in [0.29, 0.717) is 5.82 Å². The molecule has 1 aromatic rings. The highest BCUT2D eigenvalue weighted by Gasteiger charge is 2.09. The highest BCUT2D eigenvalue weighted by Crippen LogP contribution is 2.09. The Bertz CT molecular complexity index is 307. The number of anilines is 2. The van der Waals surface area contributed by atoms with Crippen molar-refractivity contribution in [1.29, 1.82) is 0 Å². The number of nitrogens with two attached hydrogens (primary N) is 1. The van der Waals surface area contributed by atoms with Crippen molar-refractivity contribution in [2.45, 2.75) is 12.8 Å². The van der Waals surface area contributed by atoms with E-state index in [1.807, 2.05) is 12.1 Å². The summed E-state index contributed by atoms with van der Waals surface area (Å²) >= 11 is 0. The van der Waals surface area contributed by atoms with E-state index < -0.39 is 0 Å². The van der Waals surface area contributed by atoms with Crippen LogP contribution in [0, 0.1) is 0 Å². The number of hydrogen-bond donors (Lipinski definition) is 2. The van der Waals surface area contributed by atoms with Crippen molar-refractivity contribution in [3.05, 3.63) is 18.3 Å². The van der Waals surface area contributed by atoms with Crippen LogP contribution in [0.3, 0.4) is 0 Å². The summed E-state index contributed by atoms with van der Waals surface area (Å²) < 4.78 is 0. The van der Waals surface area contributed by atoms with Gasteiger partial charge in [-0.05, 0) is 32.0 Å². The normalized spacial score (nSPS) is 16.8. The van der Waals surface area contributed by atoms with Crippen molar-refractivity contribution >= 4 is 11.5 Å². The Morgan fingerprint density at radius 2 is 2.20 bits per heavy atom. The summed E-state index contributed by atoms with van der Waals surface area (Å²) in [6.45, 7) is 4.59. The van der Waals surface area contributed by atoms with Gasteiger partial charge in [0.05, 0.1) is 0 Å². The molecular weight excluding hydrogens is 188 g/mol. The van der Waals surface area contributed by atoms with Crippen molar-refractivity contribution in [2.24, 2.45) is 0 Å². The number of pyridine rings is 1. The molecule has 82 valence electrons. The van der Waals surface area contributed by atoms with E-state index in [2.05, 4.69) is 15.2 Å². The first-order valence-corrected chi connectivity index (χ1v) is 5.52. The minimum atomic E-state index is 0.571. The maximum absolute atomic E-state index is 5.59. The van der Waals surface area contributed by atoms with Crippen molar-refractivity contribution in [3.8, 4) is 0 Å². The summed E-state index contributed by atoms with van der Waals surface area (Å²) in [6, 6.07) is 3.81. The largest absolute Gasteiger partial charge is 0.384 e. The van der Waals surface area contributed by atoms with Gasteiger partial charge >= 0.3 is 0 Å². The molecule has 0 atom stereocenters. The lowest BCUT2D eigenvalue weighted by Crippen LogP contribution is -2.25. The van der Waals surface area contributed by atoms with Crippen LogP contribution in [-0.4, -0.2) is 36.1 Å². The highest BCUT2D eigenvalue weighted by molar-refractivity contribution is 5.49. The fourth-order valence-electron chi connectivity index (χ4n) is 1.92. The van der Waals surface area contributed by atoms with Crippen LogP contribution in [0.5, 0.6) is 0 Å². The Morgan fingerprint density at radius 1 is 1.40 bits per heavy atom. The Labute approximate surface area is 90.5 Å². The number of rotatable bonds is 4. The van der Waals surface area contributed by atoms with Gasteiger partial charge in [0.1, 0.15) is 5.82 Å². The molecule has 4 heteroatoms. The lowest BCUT2D eigenvalue weighted by Gasteiger charge is -2.15. The lowest BCUT2D eigenvalue weighted by atomic mass is 10.4. The molecule has 0 aromatic carbocycles. The van der Waals surface area contributed by atoms with Gasteiger partial charge in [0.15, 0.2) is 0 Å². The number of aromatic nitrogens is 1. The van der Waals surface area contributed by atoms with Crippen LogP contribution in [0.4, 0.5) is 11.5 Å². The fourth-order valence-corrected chi connectivity index (χ4v) is 1.92. The summed E-state index contributed by atoms with van der Waals surface area (Å²) in [5.41, 5.74) is 6.65. The summed E-state index contributed by atoms with van der Waals surface area (Å²) in [4.78, 5) is 6.44. The van der Waals surface area contributed by atoms with Gasteiger partial charge in [-0.15, -0.1) is 0 Å². The molecule has 0 amide bonds. The first-order chi connectivity index (χ1) is 7.34. The molecule has 0 aliphatic carbocycles. The van der Waals surface area contributed by atoms with Crippen LogP contribution in [0.1, 0.15) is 12.8 Å². The molecule has 1 aliphatic rings. The van der Waals surface area contributed by atoms with Gasteiger partial charge in [0.2, 0.25) is 0 Å². The van der Waals surface area contributed by atoms with Gasteiger partial charge in [-0.1, -0.05) is 0 Å². The van der Waals surface area contributed by atoms with Gasteiger partial charge in [-0.2, -0.15) is 0 Å². The Balaban J connectivity index is 1.73. The number of hydrogen-bond acceptors (Lipinski definition) is 4. The number of likely N-dealkylation sites (tertiary alicyclic amines) is 1. The number of nitrogens with one attached hydrogen (secondary N) is 1. The van der Waals surface area contributed by atoms with E-state index in [1.54, 1.807) is 6.20 Å². The summed E-state index contributed by atoms with van der Waals surface area (Å²) in [5, 5.41) is 3.35. The third-order valence-electron chi connectivity index (χ3n) is 2.74. The van der Waals surface area contributed by atoms with Crippen molar-refractivity contribution in [2.75, 3.05) is 37.2 Å². The minimum absolute atomic E-state index is 0.571. The zero-order valence-electron chi connectivity index (χ0n) is 8.95. The molecule has 1 aromatic heterocycles.